The maximum atomic E-state index is 13.0. The highest BCUT2D eigenvalue weighted by atomic mass is 16.1. The van der Waals surface area contributed by atoms with Crippen LogP contribution in [0.3, 0.4) is 0 Å². The minimum atomic E-state index is 0.0748. The van der Waals surface area contributed by atoms with Gasteiger partial charge in [0.25, 0.3) is 5.56 Å². The van der Waals surface area contributed by atoms with Crippen molar-refractivity contribution < 1.29 is 0 Å². The second kappa shape index (κ2) is 6.29. The largest absolute Gasteiger partial charge is 0.294 e. The summed E-state index contributed by atoms with van der Waals surface area (Å²) in [6, 6.07) is 12.3. The Morgan fingerprint density at radius 1 is 1.12 bits per heavy atom. The van der Waals surface area contributed by atoms with Gasteiger partial charge in [-0.3, -0.25) is 19.1 Å². The van der Waals surface area contributed by atoms with Crippen molar-refractivity contribution in [1.82, 2.24) is 24.0 Å². The van der Waals surface area contributed by atoms with Gasteiger partial charge in [0.1, 0.15) is 0 Å². The number of aromatic nitrogens is 4. The maximum Gasteiger partial charge on any atom is 0.276 e. The summed E-state index contributed by atoms with van der Waals surface area (Å²) in [6.07, 6.45) is 0. The van der Waals surface area contributed by atoms with Crippen LogP contribution in [-0.2, 0) is 13.6 Å². The number of benzene rings is 1. The smallest absolute Gasteiger partial charge is 0.276 e. The molecule has 3 heterocycles. The van der Waals surface area contributed by atoms with Gasteiger partial charge in [-0.15, -0.1) is 0 Å². The standard InChI is InChI=1S/C20H25N5O/c1-14-10-15(2)24(21-14)18-11-23(12-18)13-19-16(3)22(4)25(20(19)26)17-8-6-5-7-9-17/h5-10,18H,11-13H2,1-4H3. The van der Waals surface area contributed by atoms with E-state index in [0.717, 1.165) is 35.7 Å². The molecule has 1 fully saturated rings. The topological polar surface area (TPSA) is 48.0 Å². The van der Waals surface area contributed by atoms with E-state index >= 15 is 0 Å². The van der Waals surface area contributed by atoms with Gasteiger partial charge in [-0.2, -0.15) is 5.10 Å². The first-order chi connectivity index (χ1) is 12.5. The van der Waals surface area contributed by atoms with Crippen LogP contribution in [0.2, 0.25) is 0 Å². The van der Waals surface area contributed by atoms with E-state index in [4.69, 9.17) is 0 Å². The van der Waals surface area contributed by atoms with Crippen LogP contribution in [0.1, 0.15) is 28.7 Å². The Bertz CT molecular complexity index is 989. The Morgan fingerprint density at radius 3 is 2.42 bits per heavy atom. The van der Waals surface area contributed by atoms with Crippen LogP contribution in [0, 0.1) is 20.8 Å². The Morgan fingerprint density at radius 2 is 1.81 bits per heavy atom. The van der Waals surface area contributed by atoms with Crippen molar-refractivity contribution in [1.29, 1.82) is 0 Å². The summed E-state index contributed by atoms with van der Waals surface area (Å²) in [5, 5.41) is 4.59. The fraction of sp³-hybridized carbons (Fsp3) is 0.400. The molecule has 136 valence electrons. The molecule has 4 rings (SSSR count). The summed E-state index contributed by atoms with van der Waals surface area (Å²) in [4.78, 5) is 15.3. The maximum absolute atomic E-state index is 13.0. The van der Waals surface area contributed by atoms with E-state index in [1.807, 2.05) is 55.9 Å². The highest BCUT2D eigenvalue weighted by molar-refractivity contribution is 5.33. The third-order valence-corrected chi connectivity index (χ3v) is 5.38. The Balaban J connectivity index is 1.54. The number of rotatable bonds is 4. The van der Waals surface area contributed by atoms with Crippen LogP contribution in [-0.4, -0.2) is 37.1 Å². The molecule has 0 radical (unpaired) electrons. The van der Waals surface area contributed by atoms with Crippen molar-refractivity contribution in [2.75, 3.05) is 13.1 Å². The van der Waals surface area contributed by atoms with Crippen LogP contribution in [0.5, 0.6) is 0 Å². The molecule has 0 N–H and O–H groups in total. The molecule has 1 saturated heterocycles. The van der Waals surface area contributed by atoms with E-state index in [-0.39, 0.29) is 5.56 Å². The van der Waals surface area contributed by atoms with Gasteiger partial charge >= 0.3 is 0 Å². The number of aryl methyl sites for hydroxylation is 2. The second-order valence-corrected chi connectivity index (χ2v) is 7.26. The van der Waals surface area contributed by atoms with E-state index < -0.39 is 0 Å². The van der Waals surface area contributed by atoms with E-state index in [9.17, 15) is 4.79 Å². The molecule has 6 heteroatoms. The van der Waals surface area contributed by atoms with E-state index in [2.05, 4.69) is 27.7 Å². The highest BCUT2D eigenvalue weighted by Crippen LogP contribution is 2.24. The lowest BCUT2D eigenvalue weighted by Gasteiger charge is -2.39. The average molecular weight is 351 g/mol. The van der Waals surface area contributed by atoms with E-state index in [1.165, 1.54) is 5.69 Å². The van der Waals surface area contributed by atoms with Gasteiger partial charge in [0.05, 0.1) is 23.0 Å². The van der Waals surface area contributed by atoms with Crippen molar-refractivity contribution >= 4 is 0 Å². The summed E-state index contributed by atoms with van der Waals surface area (Å²) in [5.41, 5.74) is 5.14. The van der Waals surface area contributed by atoms with Crippen LogP contribution >= 0.6 is 0 Å². The van der Waals surface area contributed by atoms with Crippen molar-refractivity contribution in [3.8, 4) is 5.69 Å². The Hall–Kier alpha value is -2.60. The molecule has 6 nitrogen and oxygen atoms in total. The van der Waals surface area contributed by atoms with Crippen molar-refractivity contribution in [3.63, 3.8) is 0 Å². The molecule has 0 unspecified atom stereocenters. The van der Waals surface area contributed by atoms with Crippen LogP contribution in [0.4, 0.5) is 0 Å². The molecule has 0 spiro atoms. The lowest BCUT2D eigenvalue weighted by atomic mass is 10.1. The highest BCUT2D eigenvalue weighted by Gasteiger charge is 2.31. The average Bonchev–Trinajstić information content (AvgIpc) is 3.01. The molecule has 3 aromatic rings. The SMILES string of the molecule is Cc1cc(C)n(C2CN(Cc3c(C)n(C)n(-c4ccccc4)c3=O)C2)n1. The zero-order valence-electron chi connectivity index (χ0n) is 15.8. The number of nitrogens with zero attached hydrogens (tertiary/aromatic N) is 5. The van der Waals surface area contributed by atoms with Gasteiger partial charge in [0.2, 0.25) is 0 Å². The number of para-hydroxylation sites is 1. The molecule has 1 aliphatic heterocycles. The van der Waals surface area contributed by atoms with Crippen LogP contribution < -0.4 is 5.56 Å². The lowest BCUT2D eigenvalue weighted by Crippen LogP contribution is -2.48. The van der Waals surface area contributed by atoms with Crippen LogP contribution in [0.15, 0.2) is 41.2 Å². The molecular weight excluding hydrogens is 326 g/mol. The van der Waals surface area contributed by atoms with Crippen molar-refractivity contribution in [3.05, 3.63) is 69.4 Å². The van der Waals surface area contributed by atoms with Crippen LogP contribution in [0.25, 0.3) is 5.69 Å². The molecule has 0 atom stereocenters. The number of likely N-dealkylation sites (tertiary alicyclic amines) is 1. The quantitative estimate of drug-likeness (QED) is 0.725. The predicted octanol–water partition coefficient (Wildman–Crippen LogP) is 2.35. The molecule has 1 aliphatic rings. The first-order valence-corrected chi connectivity index (χ1v) is 9.03. The number of hydrogen-bond donors (Lipinski definition) is 0. The second-order valence-electron chi connectivity index (χ2n) is 7.26. The van der Waals surface area contributed by atoms with Gasteiger partial charge in [-0.1, -0.05) is 18.2 Å². The molecule has 0 saturated carbocycles. The first-order valence-electron chi connectivity index (χ1n) is 9.03. The zero-order valence-corrected chi connectivity index (χ0v) is 15.8. The van der Waals surface area contributed by atoms with E-state index in [0.29, 0.717) is 12.6 Å². The minimum absolute atomic E-state index is 0.0748. The van der Waals surface area contributed by atoms with Gasteiger partial charge < -0.3 is 0 Å². The number of hydrogen-bond acceptors (Lipinski definition) is 3. The molecule has 26 heavy (non-hydrogen) atoms. The summed E-state index contributed by atoms with van der Waals surface area (Å²) in [7, 11) is 1.95. The van der Waals surface area contributed by atoms with Gasteiger partial charge in [-0.25, -0.2) is 4.68 Å². The zero-order chi connectivity index (χ0) is 18.4. The first kappa shape index (κ1) is 16.8. The molecule has 1 aromatic carbocycles. The summed E-state index contributed by atoms with van der Waals surface area (Å²) in [5.74, 6) is 0. The third-order valence-electron chi connectivity index (χ3n) is 5.38. The van der Waals surface area contributed by atoms with E-state index in [1.54, 1.807) is 4.68 Å². The third kappa shape index (κ3) is 2.70. The minimum Gasteiger partial charge on any atom is -0.294 e. The van der Waals surface area contributed by atoms with Gasteiger partial charge in [0.15, 0.2) is 0 Å². The summed E-state index contributed by atoms with van der Waals surface area (Å²) < 4.78 is 5.82. The normalized spacial score (nSPS) is 15.4. The predicted molar refractivity (Wildman–Crippen MR) is 102 cm³/mol. The van der Waals surface area contributed by atoms with Gasteiger partial charge in [-0.05, 0) is 39.0 Å². The molecule has 0 aliphatic carbocycles. The molecule has 2 aromatic heterocycles. The summed E-state index contributed by atoms with van der Waals surface area (Å²) >= 11 is 0. The summed E-state index contributed by atoms with van der Waals surface area (Å²) in [6.45, 7) is 8.70. The van der Waals surface area contributed by atoms with Gasteiger partial charge in [0, 0.05) is 38.1 Å². The molecule has 0 amide bonds. The van der Waals surface area contributed by atoms with Crippen molar-refractivity contribution in [2.45, 2.75) is 33.4 Å². The fourth-order valence-electron chi connectivity index (χ4n) is 3.87. The fourth-order valence-corrected chi connectivity index (χ4v) is 3.87. The molecule has 0 bridgehead atoms. The lowest BCUT2D eigenvalue weighted by molar-refractivity contribution is 0.0888. The molecular formula is C20H25N5O. The Kier molecular flexibility index (Phi) is 4.07. The van der Waals surface area contributed by atoms with Crippen molar-refractivity contribution in [2.24, 2.45) is 7.05 Å². The Labute approximate surface area is 153 Å². The monoisotopic (exact) mass is 351 g/mol.